The van der Waals surface area contributed by atoms with E-state index < -0.39 is 0 Å². The second kappa shape index (κ2) is 6.72. The number of aliphatic imine (C=N–C) groups is 1. The van der Waals surface area contributed by atoms with Gasteiger partial charge in [-0.25, -0.2) is 0 Å². The second-order valence-corrected chi connectivity index (χ2v) is 8.35. The highest BCUT2D eigenvalue weighted by Gasteiger charge is 2.24. The van der Waals surface area contributed by atoms with Crippen LogP contribution >= 0.6 is 0 Å². The number of hydrogen-bond donors (Lipinski definition) is 1. The Kier molecular flexibility index (Phi) is 5.04. The normalized spacial score (nSPS) is 12.4. The van der Waals surface area contributed by atoms with E-state index in [4.69, 9.17) is 0 Å². The third kappa shape index (κ3) is 4.28. The number of hydrogen-bond acceptors (Lipinski definition) is 3. The van der Waals surface area contributed by atoms with Gasteiger partial charge >= 0.3 is 0 Å². The van der Waals surface area contributed by atoms with Gasteiger partial charge in [0.05, 0.1) is 11.3 Å². The van der Waals surface area contributed by atoms with Gasteiger partial charge in [-0.2, -0.15) is 5.26 Å². The molecule has 0 fully saturated rings. The largest absolute Gasteiger partial charge is 0.507 e. The molecule has 0 spiro atoms. The molecular weight excluding hydrogens is 308 g/mol. The van der Waals surface area contributed by atoms with E-state index in [0.717, 1.165) is 11.1 Å². The van der Waals surface area contributed by atoms with Gasteiger partial charge in [-0.15, -0.1) is 0 Å². The first-order chi connectivity index (χ1) is 11.5. The minimum Gasteiger partial charge on any atom is -0.507 e. The Hall–Kier alpha value is -2.60. The van der Waals surface area contributed by atoms with Gasteiger partial charge in [-0.05, 0) is 34.6 Å². The first-order valence-corrected chi connectivity index (χ1v) is 8.45. The predicted octanol–water partition coefficient (Wildman–Crippen LogP) is 5.61. The number of nitrogens with zero attached hydrogens (tertiary/aromatic N) is 2. The van der Waals surface area contributed by atoms with Crippen molar-refractivity contribution < 1.29 is 5.11 Å². The molecule has 0 bridgehead atoms. The molecule has 2 aromatic rings. The molecule has 2 aromatic carbocycles. The van der Waals surface area contributed by atoms with Gasteiger partial charge < -0.3 is 5.11 Å². The summed E-state index contributed by atoms with van der Waals surface area (Å²) in [6.45, 7) is 12.7. The Morgan fingerprint density at radius 2 is 1.64 bits per heavy atom. The zero-order chi connectivity index (χ0) is 18.8. The highest BCUT2D eigenvalue weighted by Crippen LogP contribution is 2.37. The molecule has 0 heterocycles. The van der Waals surface area contributed by atoms with Gasteiger partial charge in [0.2, 0.25) is 0 Å². The van der Waals surface area contributed by atoms with Crippen LogP contribution < -0.4 is 0 Å². The molecule has 0 amide bonds. The standard InChI is InChI=1S/C22H26N2O/c1-21(2,3)17-11-16(20(25)18(12-17)22(4,5)6)14-24-19-10-8-7-9-15(19)13-23/h7-12,14,25H,1-6H3. The van der Waals surface area contributed by atoms with Crippen LogP contribution in [0.4, 0.5) is 5.69 Å². The molecule has 3 nitrogen and oxygen atoms in total. The van der Waals surface area contributed by atoms with Gasteiger partial charge in [0, 0.05) is 17.3 Å². The Morgan fingerprint density at radius 1 is 1.00 bits per heavy atom. The smallest absolute Gasteiger partial charge is 0.128 e. The molecule has 0 atom stereocenters. The summed E-state index contributed by atoms with van der Waals surface area (Å²) < 4.78 is 0. The molecule has 0 aliphatic carbocycles. The summed E-state index contributed by atoms with van der Waals surface area (Å²) in [5.41, 5.74) is 3.61. The number of para-hydroxylation sites is 1. The summed E-state index contributed by atoms with van der Waals surface area (Å²) in [6, 6.07) is 13.4. The van der Waals surface area contributed by atoms with E-state index in [1.807, 2.05) is 18.2 Å². The highest BCUT2D eigenvalue weighted by molar-refractivity contribution is 5.87. The number of benzene rings is 2. The average molecular weight is 334 g/mol. The Bertz CT molecular complexity index is 844. The maximum absolute atomic E-state index is 10.8. The van der Waals surface area contributed by atoms with Crippen molar-refractivity contribution in [2.45, 2.75) is 52.4 Å². The molecule has 2 rings (SSSR count). The third-order valence-electron chi connectivity index (χ3n) is 4.18. The van der Waals surface area contributed by atoms with Crippen LogP contribution in [0.25, 0.3) is 0 Å². The topological polar surface area (TPSA) is 56.4 Å². The van der Waals surface area contributed by atoms with Gasteiger partial charge in [-0.1, -0.05) is 59.7 Å². The lowest BCUT2D eigenvalue weighted by molar-refractivity contribution is 0.444. The Labute approximate surface area is 150 Å². The minimum absolute atomic E-state index is 0.0408. The summed E-state index contributed by atoms with van der Waals surface area (Å²) in [5, 5.41) is 20.0. The van der Waals surface area contributed by atoms with Crippen molar-refractivity contribution in [2.24, 2.45) is 4.99 Å². The second-order valence-electron chi connectivity index (χ2n) is 8.35. The quantitative estimate of drug-likeness (QED) is 0.726. The Balaban J connectivity index is 2.61. The number of phenols is 1. The maximum atomic E-state index is 10.8. The van der Waals surface area contributed by atoms with Crippen LogP contribution in [0.3, 0.4) is 0 Å². The van der Waals surface area contributed by atoms with E-state index in [0.29, 0.717) is 16.8 Å². The molecule has 0 unspecified atom stereocenters. The SMILES string of the molecule is CC(C)(C)c1cc(C=Nc2ccccc2C#N)c(O)c(C(C)(C)C)c1. The molecule has 0 saturated carbocycles. The lowest BCUT2D eigenvalue weighted by atomic mass is 9.79. The van der Waals surface area contributed by atoms with Crippen molar-refractivity contribution in [1.82, 2.24) is 0 Å². The Morgan fingerprint density at radius 3 is 2.20 bits per heavy atom. The molecule has 0 aromatic heterocycles. The number of phenolic OH excluding ortho intramolecular Hbond substituents is 1. The predicted molar refractivity (Wildman–Crippen MR) is 104 cm³/mol. The van der Waals surface area contributed by atoms with Crippen molar-refractivity contribution in [2.75, 3.05) is 0 Å². The summed E-state index contributed by atoms with van der Waals surface area (Å²) >= 11 is 0. The molecule has 25 heavy (non-hydrogen) atoms. The van der Waals surface area contributed by atoms with E-state index in [9.17, 15) is 10.4 Å². The first kappa shape index (κ1) is 18.7. The van der Waals surface area contributed by atoms with E-state index in [2.05, 4.69) is 58.7 Å². The van der Waals surface area contributed by atoms with Crippen molar-refractivity contribution >= 4 is 11.9 Å². The van der Waals surface area contributed by atoms with Crippen LogP contribution in [0, 0.1) is 11.3 Å². The third-order valence-corrected chi connectivity index (χ3v) is 4.18. The first-order valence-electron chi connectivity index (χ1n) is 8.45. The molecule has 0 aliphatic heterocycles. The number of aromatic hydroxyl groups is 1. The molecule has 130 valence electrons. The molecule has 0 radical (unpaired) electrons. The van der Waals surface area contributed by atoms with Crippen molar-refractivity contribution in [1.29, 1.82) is 5.26 Å². The lowest BCUT2D eigenvalue weighted by Gasteiger charge is -2.27. The lowest BCUT2D eigenvalue weighted by Crippen LogP contribution is -2.17. The zero-order valence-corrected chi connectivity index (χ0v) is 15.9. The molecule has 3 heteroatoms. The molecular formula is C22H26N2O. The van der Waals surface area contributed by atoms with Crippen molar-refractivity contribution in [3.8, 4) is 11.8 Å². The zero-order valence-electron chi connectivity index (χ0n) is 15.9. The fourth-order valence-electron chi connectivity index (χ4n) is 2.58. The fourth-order valence-corrected chi connectivity index (χ4v) is 2.58. The van der Waals surface area contributed by atoms with Crippen LogP contribution in [-0.4, -0.2) is 11.3 Å². The molecule has 1 N–H and O–H groups in total. The average Bonchev–Trinajstić information content (AvgIpc) is 2.51. The van der Waals surface area contributed by atoms with E-state index >= 15 is 0 Å². The van der Waals surface area contributed by atoms with Crippen LogP contribution in [0.5, 0.6) is 5.75 Å². The van der Waals surface area contributed by atoms with Crippen LogP contribution in [-0.2, 0) is 10.8 Å². The highest BCUT2D eigenvalue weighted by atomic mass is 16.3. The van der Waals surface area contributed by atoms with E-state index in [1.165, 1.54) is 0 Å². The van der Waals surface area contributed by atoms with Crippen molar-refractivity contribution in [3.05, 3.63) is 58.7 Å². The number of rotatable bonds is 2. The van der Waals surface area contributed by atoms with Gasteiger partial charge in [0.1, 0.15) is 11.8 Å². The van der Waals surface area contributed by atoms with Crippen LogP contribution in [0.1, 0.15) is 63.8 Å². The van der Waals surface area contributed by atoms with Gasteiger partial charge in [0.25, 0.3) is 0 Å². The van der Waals surface area contributed by atoms with Gasteiger partial charge in [-0.3, -0.25) is 4.99 Å². The molecule has 0 saturated heterocycles. The fraction of sp³-hybridized carbons (Fsp3) is 0.364. The summed E-state index contributed by atoms with van der Waals surface area (Å²) in [7, 11) is 0. The van der Waals surface area contributed by atoms with Crippen molar-refractivity contribution in [3.63, 3.8) is 0 Å². The van der Waals surface area contributed by atoms with E-state index in [1.54, 1.807) is 18.3 Å². The van der Waals surface area contributed by atoms with Gasteiger partial charge in [0.15, 0.2) is 0 Å². The molecule has 0 aliphatic rings. The maximum Gasteiger partial charge on any atom is 0.128 e. The number of nitriles is 1. The summed E-state index contributed by atoms with van der Waals surface area (Å²) in [6.07, 6.45) is 1.65. The van der Waals surface area contributed by atoms with Crippen LogP contribution in [0.2, 0.25) is 0 Å². The van der Waals surface area contributed by atoms with Crippen LogP contribution in [0.15, 0.2) is 41.4 Å². The summed E-state index contributed by atoms with van der Waals surface area (Å²) in [4.78, 5) is 4.45. The monoisotopic (exact) mass is 334 g/mol. The van der Waals surface area contributed by atoms with E-state index in [-0.39, 0.29) is 16.6 Å². The summed E-state index contributed by atoms with van der Waals surface area (Å²) in [5.74, 6) is 0.249. The minimum atomic E-state index is -0.182.